The molecule has 0 spiro atoms. The Balaban J connectivity index is 4.41. The summed E-state index contributed by atoms with van der Waals surface area (Å²) in [4.78, 5) is 22.8. The number of hydrogen-bond acceptors (Lipinski definition) is 4. The van der Waals surface area contributed by atoms with Crippen LogP contribution < -0.4 is 10.2 Å². The van der Waals surface area contributed by atoms with Crippen LogP contribution in [0.5, 0.6) is 0 Å². The van der Waals surface area contributed by atoms with E-state index in [9.17, 15) is 19.8 Å². The van der Waals surface area contributed by atoms with E-state index in [1.165, 1.54) is 51.4 Å². The maximum absolute atomic E-state index is 11.9. The highest BCUT2D eigenvalue weighted by molar-refractivity contribution is 5.73. The summed E-state index contributed by atoms with van der Waals surface area (Å²) in [6.07, 6.45) is 16.8. The van der Waals surface area contributed by atoms with Gasteiger partial charge in [0, 0.05) is 17.4 Å². The van der Waals surface area contributed by atoms with E-state index < -0.39 is 17.4 Å². The molecule has 4 nitrogen and oxygen atoms in total. The van der Waals surface area contributed by atoms with E-state index in [1.807, 2.05) is 0 Å². The van der Waals surface area contributed by atoms with Crippen molar-refractivity contribution in [3.8, 4) is 0 Å². The van der Waals surface area contributed by atoms with E-state index in [1.54, 1.807) is 0 Å². The molecule has 0 aliphatic heterocycles. The third kappa shape index (κ3) is 13.7. The first-order valence-electron chi connectivity index (χ1n) is 11.4. The molecule has 4 heteroatoms. The van der Waals surface area contributed by atoms with Crippen LogP contribution in [0.1, 0.15) is 129 Å². The molecular weight excluding hydrogens is 340 g/mol. The zero-order valence-electron chi connectivity index (χ0n) is 17.9. The summed E-state index contributed by atoms with van der Waals surface area (Å²) >= 11 is 0. The molecular formula is C23H42O4-2. The Morgan fingerprint density at radius 2 is 0.963 bits per heavy atom. The summed E-state index contributed by atoms with van der Waals surface area (Å²) in [5, 5.41) is 22.8. The number of hydrogen-bond donors (Lipinski definition) is 0. The second kappa shape index (κ2) is 17.1. The summed E-state index contributed by atoms with van der Waals surface area (Å²) in [6, 6.07) is 0. The maximum atomic E-state index is 11.9. The molecule has 160 valence electrons. The Kier molecular flexibility index (Phi) is 16.4. The lowest BCUT2D eigenvalue weighted by atomic mass is 9.74. The maximum Gasteiger partial charge on any atom is 0.0476 e. The molecule has 0 aromatic carbocycles. The van der Waals surface area contributed by atoms with Crippen LogP contribution in [0.15, 0.2) is 0 Å². The molecule has 0 aromatic heterocycles. The van der Waals surface area contributed by atoms with Crippen LogP contribution in [0.2, 0.25) is 0 Å². The van der Waals surface area contributed by atoms with Gasteiger partial charge in [0.05, 0.1) is 0 Å². The molecule has 0 unspecified atom stereocenters. The summed E-state index contributed by atoms with van der Waals surface area (Å²) < 4.78 is 0. The van der Waals surface area contributed by atoms with Crippen molar-refractivity contribution < 1.29 is 19.8 Å². The Morgan fingerprint density at radius 1 is 0.593 bits per heavy atom. The van der Waals surface area contributed by atoms with Gasteiger partial charge in [-0.2, -0.15) is 0 Å². The SMILES string of the molecule is CCCCCCCCCC(CCCCCCCCC)(CCC(=O)[O-])C(=O)[O-]. The molecule has 0 N–H and O–H groups in total. The van der Waals surface area contributed by atoms with Crippen molar-refractivity contribution in [2.45, 2.75) is 129 Å². The van der Waals surface area contributed by atoms with Crippen molar-refractivity contribution in [1.29, 1.82) is 0 Å². The number of carbonyl (C=O) groups excluding carboxylic acids is 2. The predicted molar refractivity (Wildman–Crippen MR) is 107 cm³/mol. The lowest BCUT2D eigenvalue weighted by Gasteiger charge is -2.35. The monoisotopic (exact) mass is 382 g/mol. The number of rotatable bonds is 20. The Labute approximate surface area is 167 Å². The third-order valence-electron chi connectivity index (χ3n) is 5.76. The Hall–Kier alpha value is -1.06. The number of carbonyl (C=O) groups is 2. The highest BCUT2D eigenvalue weighted by atomic mass is 16.4. The molecule has 0 aromatic rings. The first kappa shape index (κ1) is 25.9. The van der Waals surface area contributed by atoms with E-state index in [4.69, 9.17) is 0 Å². The molecule has 0 atom stereocenters. The average molecular weight is 383 g/mol. The third-order valence-corrected chi connectivity index (χ3v) is 5.76. The quantitative estimate of drug-likeness (QED) is 0.290. The van der Waals surface area contributed by atoms with Gasteiger partial charge in [-0.05, 0) is 25.7 Å². The van der Waals surface area contributed by atoms with Gasteiger partial charge in [-0.3, -0.25) is 0 Å². The van der Waals surface area contributed by atoms with E-state index in [0.29, 0.717) is 12.8 Å². The van der Waals surface area contributed by atoms with Crippen molar-refractivity contribution in [3.05, 3.63) is 0 Å². The fourth-order valence-electron chi connectivity index (χ4n) is 3.86. The van der Waals surface area contributed by atoms with Crippen molar-refractivity contribution >= 4 is 11.9 Å². The van der Waals surface area contributed by atoms with E-state index in [0.717, 1.165) is 38.5 Å². The Morgan fingerprint density at radius 3 is 1.30 bits per heavy atom. The van der Waals surface area contributed by atoms with Crippen LogP contribution in [-0.4, -0.2) is 11.9 Å². The smallest absolute Gasteiger partial charge is 0.0476 e. The van der Waals surface area contributed by atoms with E-state index in [2.05, 4.69) is 13.8 Å². The van der Waals surface area contributed by atoms with Crippen LogP contribution >= 0.6 is 0 Å². The number of unbranched alkanes of at least 4 members (excludes halogenated alkanes) is 12. The lowest BCUT2D eigenvalue weighted by molar-refractivity contribution is -0.321. The van der Waals surface area contributed by atoms with Gasteiger partial charge in [-0.15, -0.1) is 0 Å². The standard InChI is InChI=1S/C23H44O4/c1-3-5-7-9-11-13-15-18-23(22(26)27,20-17-21(24)25)19-16-14-12-10-8-6-4-2/h3-20H2,1-2H3,(H,24,25)(H,26,27)/p-2. The molecule has 0 amide bonds. The van der Waals surface area contributed by atoms with Gasteiger partial charge in [0.2, 0.25) is 0 Å². The first-order chi connectivity index (χ1) is 13.0. The second-order valence-corrected chi connectivity index (χ2v) is 8.18. The van der Waals surface area contributed by atoms with Gasteiger partial charge < -0.3 is 19.8 Å². The first-order valence-corrected chi connectivity index (χ1v) is 11.4. The Bertz CT molecular complexity index is 361. The minimum Gasteiger partial charge on any atom is -0.550 e. The highest BCUT2D eigenvalue weighted by Crippen LogP contribution is 2.36. The molecule has 0 saturated carbocycles. The fraction of sp³-hybridized carbons (Fsp3) is 0.913. The molecule has 0 saturated heterocycles. The van der Waals surface area contributed by atoms with Gasteiger partial charge in [0.15, 0.2) is 0 Å². The van der Waals surface area contributed by atoms with E-state index in [-0.39, 0.29) is 12.8 Å². The highest BCUT2D eigenvalue weighted by Gasteiger charge is 2.30. The molecule has 0 aliphatic carbocycles. The summed E-state index contributed by atoms with van der Waals surface area (Å²) in [5.74, 6) is -2.24. The predicted octanol–water partition coefficient (Wildman–Crippen LogP) is 4.53. The van der Waals surface area contributed by atoms with Crippen molar-refractivity contribution in [3.63, 3.8) is 0 Å². The molecule has 0 rings (SSSR count). The van der Waals surface area contributed by atoms with Gasteiger partial charge in [0.25, 0.3) is 0 Å². The van der Waals surface area contributed by atoms with Crippen LogP contribution in [0.4, 0.5) is 0 Å². The molecule has 0 heterocycles. The minimum absolute atomic E-state index is 0.142. The molecule has 0 radical (unpaired) electrons. The van der Waals surface area contributed by atoms with Crippen LogP contribution in [-0.2, 0) is 9.59 Å². The van der Waals surface area contributed by atoms with E-state index >= 15 is 0 Å². The molecule has 0 bridgehead atoms. The second-order valence-electron chi connectivity index (χ2n) is 8.18. The van der Waals surface area contributed by atoms with Crippen LogP contribution in [0, 0.1) is 5.41 Å². The zero-order chi connectivity index (χ0) is 20.4. The summed E-state index contributed by atoms with van der Waals surface area (Å²) in [5.41, 5.74) is -0.993. The largest absolute Gasteiger partial charge is 0.550 e. The van der Waals surface area contributed by atoms with Crippen LogP contribution in [0.3, 0.4) is 0 Å². The summed E-state index contributed by atoms with van der Waals surface area (Å²) in [6.45, 7) is 4.38. The van der Waals surface area contributed by atoms with Crippen molar-refractivity contribution in [2.75, 3.05) is 0 Å². The molecule has 0 aliphatic rings. The average Bonchev–Trinajstić information content (AvgIpc) is 2.63. The van der Waals surface area contributed by atoms with Gasteiger partial charge in [-0.1, -0.05) is 104 Å². The van der Waals surface area contributed by atoms with Gasteiger partial charge >= 0.3 is 0 Å². The van der Waals surface area contributed by atoms with Crippen LogP contribution in [0.25, 0.3) is 0 Å². The summed E-state index contributed by atoms with van der Waals surface area (Å²) in [7, 11) is 0. The minimum atomic E-state index is -1.17. The normalized spacial score (nSPS) is 11.6. The fourth-order valence-corrected chi connectivity index (χ4v) is 3.86. The van der Waals surface area contributed by atoms with Gasteiger partial charge in [-0.25, -0.2) is 0 Å². The number of carboxylic acids is 2. The number of aliphatic carboxylic acids is 2. The lowest BCUT2D eigenvalue weighted by Crippen LogP contribution is -2.43. The number of carboxylic acid groups (broad SMARTS) is 2. The van der Waals surface area contributed by atoms with Gasteiger partial charge in [0.1, 0.15) is 0 Å². The molecule has 0 fully saturated rings. The van der Waals surface area contributed by atoms with Crippen molar-refractivity contribution in [1.82, 2.24) is 0 Å². The topological polar surface area (TPSA) is 80.3 Å². The van der Waals surface area contributed by atoms with Crippen molar-refractivity contribution in [2.24, 2.45) is 5.41 Å². The molecule has 27 heavy (non-hydrogen) atoms. The zero-order valence-corrected chi connectivity index (χ0v) is 17.9.